The minimum atomic E-state index is -3.56. The fourth-order valence-electron chi connectivity index (χ4n) is 2.10. The number of thiazole rings is 1. The third-order valence-electron chi connectivity index (χ3n) is 2.96. The van der Waals surface area contributed by atoms with Crippen LogP contribution in [0.4, 0.5) is 5.82 Å². The van der Waals surface area contributed by atoms with Crippen LogP contribution in [0.2, 0.25) is 0 Å². The van der Waals surface area contributed by atoms with Crippen molar-refractivity contribution in [1.29, 1.82) is 0 Å². The molecule has 112 valence electrons. The first-order valence-electron chi connectivity index (χ1n) is 6.55. The maximum atomic E-state index is 12.9. The van der Waals surface area contributed by atoms with Crippen molar-refractivity contribution in [2.24, 2.45) is 5.92 Å². The molecule has 2 aromatic heterocycles. The Morgan fingerprint density at radius 1 is 1.50 bits per heavy atom. The van der Waals surface area contributed by atoms with Gasteiger partial charge in [0.05, 0.1) is 0 Å². The second kappa shape index (κ2) is 5.71. The second-order valence-electron chi connectivity index (χ2n) is 4.92. The third kappa shape index (κ3) is 2.55. The van der Waals surface area contributed by atoms with Gasteiger partial charge in [0.25, 0.3) is 10.0 Å². The van der Waals surface area contributed by atoms with Gasteiger partial charge in [-0.3, -0.25) is 4.40 Å². The average Bonchev–Trinajstić information content (AvgIpc) is 2.94. The number of sulfonamides is 1. The fraction of sp³-hybridized carbons (Fsp3) is 0.583. The van der Waals surface area contributed by atoms with Crippen molar-refractivity contribution in [2.75, 3.05) is 25.5 Å². The number of imidazole rings is 1. The van der Waals surface area contributed by atoms with Crippen LogP contribution in [-0.2, 0) is 10.0 Å². The molecule has 2 rings (SSSR count). The average molecular weight is 316 g/mol. The highest BCUT2D eigenvalue weighted by molar-refractivity contribution is 7.89. The molecule has 0 aliphatic carbocycles. The summed E-state index contributed by atoms with van der Waals surface area (Å²) in [6.45, 7) is 6.81. The summed E-state index contributed by atoms with van der Waals surface area (Å²) in [5.74, 6) is 0.674. The normalized spacial score (nSPS) is 12.7. The first kappa shape index (κ1) is 15.3. The smallest absolute Gasteiger partial charge is 0.262 e. The van der Waals surface area contributed by atoms with Gasteiger partial charge in [0.15, 0.2) is 15.8 Å². The molecule has 0 radical (unpaired) electrons. The Hall–Kier alpha value is -1.12. The van der Waals surface area contributed by atoms with Crippen LogP contribution in [-0.4, -0.2) is 42.2 Å². The first-order chi connectivity index (χ1) is 9.41. The quantitative estimate of drug-likeness (QED) is 0.886. The van der Waals surface area contributed by atoms with Gasteiger partial charge in [0, 0.05) is 31.7 Å². The molecule has 0 saturated carbocycles. The number of hydrogen-bond acceptors (Lipinski definition) is 5. The van der Waals surface area contributed by atoms with E-state index in [2.05, 4.69) is 10.3 Å². The molecule has 0 bridgehead atoms. The highest BCUT2D eigenvalue weighted by atomic mass is 32.2. The van der Waals surface area contributed by atoms with Gasteiger partial charge >= 0.3 is 0 Å². The number of hydrogen-bond donors (Lipinski definition) is 1. The molecular formula is C12H20N4O2S2. The summed E-state index contributed by atoms with van der Waals surface area (Å²) in [5, 5.41) is 4.93. The molecule has 2 aromatic rings. The Bertz CT molecular complexity index is 687. The fourth-order valence-corrected chi connectivity index (χ4v) is 4.74. The van der Waals surface area contributed by atoms with Crippen molar-refractivity contribution >= 4 is 32.1 Å². The van der Waals surface area contributed by atoms with E-state index >= 15 is 0 Å². The number of nitrogens with zero attached hydrogens (tertiary/aromatic N) is 3. The van der Waals surface area contributed by atoms with Crippen molar-refractivity contribution in [3.8, 4) is 0 Å². The minimum absolute atomic E-state index is 0.221. The van der Waals surface area contributed by atoms with Gasteiger partial charge in [-0.05, 0) is 5.92 Å². The van der Waals surface area contributed by atoms with Crippen LogP contribution in [0.25, 0.3) is 4.96 Å². The van der Waals surface area contributed by atoms with E-state index in [1.807, 2.05) is 26.2 Å². The lowest BCUT2D eigenvalue weighted by molar-refractivity contribution is 0.379. The SMILES string of the molecule is CCN(CC(C)C)S(=O)(=O)c1c(NC)nc2sccn12. The predicted octanol–water partition coefficient (Wildman–Crippen LogP) is 2.10. The molecular weight excluding hydrogens is 296 g/mol. The van der Waals surface area contributed by atoms with Crippen LogP contribution in [0.3, 0.4) is 0 Å². The van der Waals surface area contributed by atoms with Crippen LogP contribution in [0, 0.1) is 5.92 Å². The molecule has 2 heterocycles. The molecule has 0 aliphatic rings. The van der Waals surface area contributed by atoms with E-state index in [-0.39, 0.29) is 10.9 Å². The lowest BCUT2D eigenvalue weighted by atomic mass is 10.2. The number of nitrogens with one attached hydrogen (secondary N) is 1. The summed E-state index contributed by atoms with van der Waals surface area (Å²) in [5.41, 5.74) is 0. The number of fused-ring (bicyclic) bond motifs is 1. The molecule has 0 spiro atoms. The lowest BCUT2D eigenvalue weighted by Gasteiger charge is -2.22. The van der Waals surface area contributed by atoms with Gasteiger partial charge in [0.2, 0.25) is 0 Å². The van der Waals surface area contributed by atoms with Crippen molar-refractivity contribution < 1.29 is 8.42 Å². The molecule has 20 heavy (non-hydrogen) atoms. The zero-order valence-corrected chi connectivity index (χ0v) is 13.8. The van der Waals surface area contributed by atoms with E-state index in [1.165, 1.54) is 15.6 Å². The minimum Gasteiger partial charge on any atom is -0.371 e. The van der Waals surface area contributed by atoms with E-state index < -0.39 is 10.0 Å². The third-order valence-corrected chi connectivity index (χ3v) is 5.68. The monoisotopic (exact) mass is 316 g/mol. The molecule has 0 saturated heterocycles. The Kier molecular flexibility index (Phi) is 4.36. The summed E-state index contributed by atoms with van der Waals surface area (Å²) < 4.78 is 28.9. The molecule has 0 amide bonds. The van der Waals surface area contributed by atoms with E-state index in [9.17, 15) is 8.42 Å². The number of rotatable bonds is 6. The van der Waals surface area contributed by atoms with Gasteiger partial charge in [-0.2, -0.15) is 4.31 Å². The van der Waals surface area contributed by atoms with Crippen molar-refractivity contribution in [3.05, 3.63) is 11.6 Å². The summed E-state index contributed by atoms with van der Waals surface area (Å²) in [7, 11) is -1.88. The van der Waals surface area contributed by atoms with Crippen LogP contribution >= 0.6 is 11.3 Å². The standard InChI is InChI=1S/C12H20N4O2S2/c1-5-15(8-9(2)3)20(17,18)11-10(13-4)14-12-16(11)6-7-19-12/h6-7,9,13H,5,8H2,1-4H3. The van der Waals surface area contributed by atoms with Gasteiger partial charge in [0.1, 0.15) is 0 Å². The summed E-state index contributed by atoms with van der Waals surface area (Å²) in [6, 6.07) is 0. The lowest BCUT2D eigenvalue weighted by Crippen LogP contribution is -2.35. The number of aromatic nitrogens is 2. The summed E-state index contributed by atoms with van der Waals surface area (Å²) in [6.07, 6.45) is 1.74. The summed E-state index contributed by atoms with van der Waals surface area (Å²) >= 11 is 1.42. The van der Waals surface area contributed by atoms with Crippen LogP contribution in [0.5, 0.6) is 0 Å². The van der Waals surface area contributed by atoms with E-state index in [4.69, 9.17) is 0 Å². The zero-order valence-electron chi connectivity index (χ0n) is 12.1. The molecule has 6 nitrogen and oxygen atoms in total. The molecule has 0 atom stereocenters. The zero-order chi connectivity index (χ0) is 14.9. The highest BCUT2D eigenvalue weighted by Gasteiger charge is 2.31. The first-order valence-corrected chi connectivity index (χ1v) is 8.87. The second-order valence-corrected chi connectivity index (χ2v) is 7.65. The number of anilines is 1. The van der Waals surface area contributed by atoms with E-state index in [0.29, 0.717) is 23.9 Å². The molecule has 0 aromatic carbocycles. The molecule has 0 aliphatic heterocycles. The van der Waals surface area contributed by atoms with Gasteiger partial charge in [-0.1, -0.05) is 20.8 Å². The Morgan fingerprint density at radius 2 is 2.20 bits per heavy atom. The van der Waals surface area contributed by atoms with Gasteiger partial charge in [-0.25, -0.2) is 13.4 Å². The van der Waals surface area contributed by atoms with Crippen molar-refractivity contribution in [1.82, 2.24) is 13.7 Å². The topological polar surface area (TPSA) is 66.7 Å². The highest BCUT2D eigenvalue weighted by Crippen LogP contribution is 2.28. The van der Waals surface area contributed by atoms with Crippen molar-refractivity contribution in [3.63, 3.8) is 0 Å². The molecule has 1 N–H and O–H groups in total. The van der Waals surface area contributed by atoms with Crippen molar-refractivity contribution in [2.45, 2.75) is 25.8 Å². The van der Waals surface area contributed by atoms with Crippen LogP contribution in [0.15, 0.2) is 16.6 Å². The van der Waals surface area contributed by atoms with Crippen LogP contribution in [0.1, 0.15) is 20.8 Å². The maximum absolute atomic E-state index is 12.9. The maximum Gasteiger partial charge on any atom is 0.262 e. The van der Waals surface area contributed by atoms with Gasteiger partial charge in [-0.15, -0.1) is 11.3 Å². The summed E-state index contributed by atoms with van der Waals surface area (Å²) in [4.78, 5) is 4.99. The Labute approximate surface area is 123 Å². The van der Waals surface area contributed by atoms with Gasteiger partial charge < -0.3 is 5.32 Å². The largest absolute Gasteiger partial charge is 0.371 e. The predicted molar refractivity (Wildman–Crippen MR) is 81.9 cm³/mol. The molecule has 8 heteroatoms. The van der Waals surface area contributed by atoms with E-state index in [0.717, 1.165) is 0 Å². The molecule has 0 unspecified atom stereocenters. The van der Waals surface area contributed by atoms with Crippen LogP contribution < -0.4 is 5.32 Å². The molecule has 0 fully saturated rings. The van der Waals surface area contributed by atoms with E-state index in [1.54, 1.807) is 17.6 Å². The Morgan fingerprint density at radius 3 is 2.75 bits per heavy atom. The Balaban J connectivity index is 2.57.